The molecule has 0 saturated heterocycles. The molecule has 0 amide bonds. The van der Waals surface area contributed by atoms with Gasteiger partial charge in [-0.3, -0.25) is 14.9 Å². The lowest BCUT2D eigenvalue weighted by Crippen LogP contribution is -2.05. The molecule has 1 N–H and O–H groups in total. The minimum Gasteiger partial charge on any atom is -0.319 e. The van der Waals surface area contributed by atoms with E-state index in [9.17, 15) is 14.9 Å². The van der Waals surface area contributed by atoms with E-state index < -0.39 is 4.92 Å². The Balaban J connectivity index is 2.94. The Labute approximate surface area is 99.3 Å². The standard InChI is InChI=1S/C12H14N2O3/c1-13-7-3-2-4-11-6-5-10(9-15)8-12(11)14(16)17/h2,4-6,8-9,13H,3,7H2,1H3. The number of rotatable bonds is 6. The van der Waals surface area contributed by atoms with Crippen LogP contribution in [-0.2, 0) is 0 Å². The average molecular weight is 234 g/mol. The minimum atomic E-state index is -0.481. The highest BCUT2D eigenvalue weighted by atomic mass is 16.6. The van der Waals surface area contributed by atoms with Gasteiger partial charge in [0.25, 0.3) is 5.69 Å². The van der Waals surface area contributed by atoms with Gasteiger partial charge in [-0.15, -0.1) is 0 Å². The van der Waals surface area contributed by atoms with Crippen LogP contribution in [0.25, 0.3) is 6.08 Å². The molecule has 0 saturated carbocycles. The van der Waals surface area contributed by atoms with Crippen molar-refractivity contribution in [3.63, 3.8) is 0 Å². The molecule has 0 aliphatic carbocycles. The summed E-state index contributed by atoms with van der Waals surface area (Å²) in [7, 11) is 1.84. The SMILES string of the molecule is CNCCC=Cc1ccc(C=O)cc1[N+](=O)[O-]. The van der Waals surface area contributed by atoms with Gasteiger partial charge in [-0.2, -0.15) is 0 Å². The van der Waals surface area contributed by atoms with Gasteiger partial charge in [-0.1, -0.05) is 18.2 Å². The zero-order valence-electron chi connectivity index (χ0n) is 9.55. The Morgan fingerprint density at radius 2 is 2.24 bits per heavy atom. The van der Waals surface area contributed by atoms with Gasteiger partial charge in [0.1, 0.15) is 6.29 Å². The van der Waals surface area contributed by atoms with Crippen molar-refractivity contribution in [2.24, 2.45) is 0 Å². The summed E-state index contributed by atoms with van der Waals surface area (Å²) in [6, 6.07) is 4.43. The second-order valence-electron chi connectivity index (χ2n) is 3.49. The monoisotopic (exact) mass is 234 g/mol. The van der Waals surface area contributed by atoms with Crippen LogP contribution in [-0.4, -0.2) is 24.8 Å². The molecule has 0 aromatic heterocycles. The van der Waals surface area contributed by atoms with Crippen molar-refractivity contribution in [3.05, 3.63) is 45.5 Å². The van der Waals surface area contributed by atoms with Crippen LogP contribution in [0.4, 0.5) is 5.69 Å². The summed E-state index contributed by atoms with van der Waals surface area (Å²) in [5, 5.41) is 13.8. The normalized spacial score (nSPS) is 10.6. The van der Waals surface area contributed by atoms with Crippen molar-refractivity contribution in [1.29, 1.82) is 0 Å². The smallest absolute Gasteiger partial charge is 0.277 e. The van der Waals surface area contributed by atoms with Crippen LogP contribution in [0, 0.1) is 10.1 Å². The molecule has 5 heteroatoms. The molecule has 1 aromatic rings. The predicted molar refractivity (Wildman–Crippen MR) is 66.1 cm³/mol. The molecule has 0 heterocycles. The van der Waals surface area contributed by atoms with Gasteiger partial charge in [0.2, 0.25) is 0 Å². The largest absolute Gasteiger partial charge is 0.319 e. The molecule has 0 fully saturated rings. The van der Waals surface area contributed by atoms with Gasteiger partial charge < -0.3 is 5.32 Å². The maximum absolute atomic E-state index is 10.8. The van der Waals surface area contributed by atoms with Crippen LogP contribution in [0.5, 0.6) is 0 Å². The number of hydrogen-bond acceptors (Lipinski definition) is 4. The summed E-state index contributed by atoms with van der Waals surface area (Å²) in [5.41, 5.74) is 0.774. The molecule has 0 aliphatic rings. The van der Waals surface area contributed by atoms with E-state index in [1.165, 1.54) is 6.07 Å². The van der Waals surface area contributed by atoms with Gasteiger partial charge in [0.05, 0.1) is 10.5 Å². The highest BCUT2D eigenvalue weighted by Crippen LogP contribution is 2.21. The second kappa shape index (κ2) is 6.55. The van der Waals surface area contributed by atoms with Gasteiger partial charge in [0.15, 0.2) is 0 Å². The number of nitro groups is 1. The fourth-order valence-corrected chi connectivity index (χ4v) is 1.37. The molecule has 5 nitrogen and oxygen atoms in total. The van der Waals surface area contributed by atoms with E-state index in [4.69, 9.17) is 0 Å². The first-order valence-corrected chi connectivity index (χ1v) is 5.23. The Morgan fingerprint density at radius 3 is 2.82 bits per heavy atom. The molecule has 0 spiro atoms. The quantitative estimate of drug-likeness (QED) is 0.354. The molecule has 0 aliphatic heterocycles. The van der Waals surface area contributed by atoms with Crippen molar-refractivity contribution in [2.75, 3.05) is 13.6 Å². The summed E-state index contributed by atoms with van der Waals surface area (Å²) < 4.78 is 0. The van der Waals surface area contributed by atoms with Gasteiger partial charge in [-0.25, -0.2) is 0 Å². The number of carbonyl (C=O) groups excluding carboxylic acids is 1. The zero-order chi connectivity index (χ0) is 12.7. The van der Waals surface area contributed by atoms with Gasteiger partial charge in [0, 0.05) is 11.6 Å². The molecule has 17 heavy (non-hydrogen) atoms. The molecule has 0 bridgehead atoms. The van der Waals surface area contributed by atoms with E-state index in [1.54, 1.807) is 18.2 Å². The Hall–Kier alpha value is -2.01. The van der Waals surface area contributed by atoms with E-state index in [1.807, 2.05) is 13.1 Å². The Bertz CT molecular complexity index is 441. The number of nitro benzene ring substituents is 1. The summed E-state index contributed by atoms with van der Waals surface area (Å²) in [6.07, 6.45) is 4.95. The molecule has 1 rings (SSSR count). The Morgan fingerprint density at radius 1 is 1.47 bits per heavy atom. The number of benzene rings is 1. The topological polar surface area (TPSA) is 72.2 Å². The molecule has 0 unspecified atom stereocenters. The van der Waals surface area contributed by atoms with E-state index in [0.29, 0.717) is 17.4 Å². The lowest BCUT2D eigenvalue weighted by atomic mass is 10.1. The number of carbonyl (C=O) groups is 1. The van der Waals surface area contributed by atoms with Crippen molar-refractivity contribution in [1.82, 2.24) is 5.32 Å². The molecule has 1 aromatic carbocycles. The van der Waals surface area contributed by atoms with Crippen molar-refractivity contribution in [3.8, 4) is 0 Å². The zero-order valence-corrected chi connectivity index (χ0v) is 9.55. The first-order chi connectivity index (χ1) is 8.19. The van der Waals surface area contributed by atoms with Crippen LogP contribution in [0.3, 0.4) is 0 Å². The van der Waals surface area contributed by atoms with Crippen LogP contribution in [0.2, 0.25) is 0 Å². The summed E-state index contributed by atoms with van der Waals surface area (Å²) in [5.74, 6) is 0. The fourth-order valence-electron chi connectivity index (χ4n) is 1.37. The summed E-state index contributed by atoms with van der Waals surface area (Å²) in [4.78, 5) is 20.9. The average Bonchev–Trinajstić information content (AvgIpc) is 2.34. The summed E-state index contributed by atoms with van der Waals surface area (Å²) >= 11 is 0. The van der Waals surface area contributed by atoms with Crippen molar-refractivity contribution in [2.45, 2.75) is 6.42 Å². The molecule has 0 atom stereocenters. The van der Waals surface area contributed by atoms with Crippen LogP contribution >= 0.6 is 0 Å². The third-order valence-corrected chi connectivity index (χ3v) is 2.25. The highest BCUT2D eigenvalue weighted by Gasteiger charge is 2.11. The minimum absolute atomic E-state index is 0.0460. The van der Waals surface area contributed by atoms with Crippen molar-refractivity contribution >= 4 is 18.0 Å². The highest BCUT2D eigenvalue weighted by molar-refractivity contribution is 5.78. The number of nitrogens with one attached hydrogen (secondary N) is 1. The molecular formula is C12H14N2O3. The van der Waals surface area contributed by atoms with Gasteiger partial charge >= 0.3 is 0 Å². The van der Waals surface area contributed by atoms with Crippen LogP contribution in [0.1, 0.15) is 22.3 Å². The third kappa shape index (κ3) is 3.81. The molecule has 90 valence electrons. The number of hydrogen-bond donors (Lipinski definition) is 1. The predicted octanol–water partition coefficient (Wildman–Crippen LogP) is 2.03. The van der Waals surface area contributed by atoms with E-state index in [2.05, 4.69) is 5.32 Å². The van der Waals surface area contributed by atoms with E-state index >= 15 is 0 Å². The van der Waals surface area contributed by atoms with Crippen LogP contribution in [0.15, 0.2) is 24.3 Å². The van der Waals surface area contributed by atoms with Crippen molar-refractivity contribution < 1.29 is 9.72 Å². The molecule has 0 radical (unpaired) electrons. The lowest BCUT2D eigenvalue weighted by molar-refractivity contribution is -0.385. The summed E-state index contributed by atoms with van der Waals surface area (Å²) in [6.45, 7) is 0.816. The van der Waals surface area contributed by atoms with E-state index in [-0.39, 0.29) is 5.69 Å². The Kier molecular flexibility index (Phi) is 5.03. The number of nitrogens with zero attached hydrogens (tertiary/aromatic N) is 1. The fraction of sp³-hybridized carbons (Fsp3) is 0.250. The first-order valence-electron chi connectivity index (χ1n) is 5.23. The molecular weight excluding hydrogens is 220 g/mol. The lowest BCUT2D eigenvalue weighted by Gasteiger charge is -1.98. The van der Waals surface area contributed by atoms with Crippen LogP contribution < -0.4 is 5.32 Å². The maximum Gasteiger partial charge on any atom is 0.277 e. The number of aldehydes is 1. The maximum atomic E-state index is 10.8. The van der Waals surface area contributed by atoms with Gasteiger partial charge in [-0.05, 0) is 26.1 Å². The van der Waals surface area contributed by atoms with E-state index in [0.717, 1.165) is 13.0 Å². The second-order valence-corrected chi connectivity index (χ2v) is 3.49. The first kappa shape index (κ1) is 13.1. The third-order valence-electron chi connectivity index (χ3n) is 2.25.